The number of hydrogen-bond donors (Lipinski definition) is 0. The van der Waals surface area contributed by atoms with E-state index in [1.54, 1.807) is 0 Å². The Morgan fingerprint density at radius 3 is 1.04 bits per heavy atom. The monoisotopic (exact) mass is 324 g/mol. The van der Waals surface area contributed by atoms with E-state index in [9.17, 15) is 0 Å². The molecule has 0 heterocycles. The maximum Gasteiger partial charge on any atom is -0.0445 e. The van der Waals surface area contributed by atoms with Crippen molar-refractivity contribution in [3.63, 3.8) is 0 Å². The molecule has 0 aliphatic carbocycles. The lowest BCUT2D eigenvalue weighted by Gasteiger charge is -2.07. The first kappa shape index (κ1) is 23.0. The van der Waals surface area contributed by atoms with E-state index in [1.807, 2.05) is 0 Å². The van der Waals surface area contributed by atoms with E-state index >= 15 is 0 Å². The second-order valence-corrected chi connectivity index (χ2v) is 7.96. The molecule has 0 bridgehead atoms. The van der Waals surface area contributed by atoms with Crippen molar-refractivity contribution in [2.45, 2.75) is 143 Å². The predicted octanol–water partition coefficient (Wildman–Crippen LogP) is 9.07. The Bertz CT molecular complexity index is 196. The van der Waals surface area contributed by atoms with Crippen molar-refractivity contribution in [1.29, 1.82) is 0 Å². The van der Waals surface area contributed by atoms with E-state index in [4.69, 9.17) is 0 Å². The third kappa shape index (κ3) is 20.0. The van der Waals surface area contributed by atoms with Crippen LogP contribution in [-0.2, 0) is 0 Å². The van der Waals surface area contributed by atoms with Gasteiger partial charge in [-0.05, 0) is 5.92 Å². The fourth-order valence-electron chi connectivity index (χ4n) is 3.42. The highest BCUT2D eigenvalue weighted by Crippen LogP contribution is 2.16. The Kier molecular flexibility index (Phi) is 20.0. The third-order valence-corrected chi connectivity index (χ3v) is 5.50. The van der Waals surface area contributed by atoms with E-state index in [2.05, 4.69) is 20.8 Å². The average molecular weight is 325 g/mol. The summed E-state index contributed by atoms with van der Waals surface area (Å²) in [4.78, 5) is 0. The summed E-state index contributed by atoms with van der Waals surface area (Å²) < 4.78 is 0. The quantitative estimate of drug-likeness (QED) is 0.208. The van der Waals surface area contributed by atoms with Gasteiger partial charge in [-0.2, -0.15) is 0 Å². The number of rotatable bonds is 19. The summed E-state index contributed by atoms with van der Waals surface area (Å²) in [6.45, 7) is 7.01. The van der Waals surface area contributed by atoms with Crippen molar-refractivity contribution in [2.75, 3.05) is 0 Å². The lowest BCUT2D eigenvalue weighted by atomic mass is 9.99. The Hall–Kier alpha value is 0. The minimum absolute atomic E-state index is 0.950. The molecule has 0 saturated heterocycles. The third-order valence-electron chi connectivity index (χ3n) is 5.50. The second kappa shape index (κ2) is 20.0. The van der Waals surface area contributed by atoms with Gasteiger partial charge in [0.1, 0.15) is 0 Å². The Balaban J connectivity index is 2.97. The van der Waals surface area contributed by atoms with Crippen molar-refractivity contribution >= 4 is 0 Å². The van der Waals surface area contributed by atoms with Gasteiger partial charge in [-0.1, -0.05) is 143 Å². The van der Waals surface area contributed by atoms with Crippen LogP contribution < -0.4 is 0 Å². The predicted molar refractivity (Wildman–Crippen MR) is 108 cm³/mol. The number of unbranched alkanes of at least 4 members (excludes halogenated alkanes) is 16. The van der Waals surface area contributed by atoms with Crippen LogP contribution in [0.5, 0.6) is 0 Å². The van der Waals surface area contributed by atoms with Crippen LogP contribution in [0.3, 0.4) is 0 Å². The molecule has 140 valence electrons. The average Bonchev–Trinajstić information content (AvgIpc) is 2.57. The van der Waals surface area contributed by atoms with Gasteiger partial charge in [0.15, 0.2) is 0 Å². The fourth-order valence-corrected chi connectivity index (χ4v) is 3.42. The van der Waals surface area contributed by atoms with Gasteiger partial charge in [0, 0.05) is 0 Å². The molecule has 0 aliphatic rings. The molecule has 0 nitrogen and oxygen atoms in total. The van der Waals surface area contributed by atoms with E-state index in [0.29, 0.717) is 0 Å². The highest BCUT2D eigenvalue weighted by Gasteiger charge is 1.98. The smallest absolute Gasteiger partial charge is 0.0445 e. The van der Waals surface area contributed by atoms with Gasteiger partial charge in [0.05, 0.1) is 0 Å². The normalized spacial score (nSPS) is 12.7. The standard InChI is InChI=1S/C23H48/c1-4-6-7-8-9-10-11-12-13-14-15-16-17-18-19-20-21-22-23(3)5-2/h23H,4-22H2,1-3H3/t23-/m1/s1. The maximum absolute atomic E-state index is 2.40. The molecule has 0 aromatic rings. The first-order chi connectivity index (χ1) is 11.3. The van der Waals surface area contributed by atoms with Crippen LogP contribution in [-0.4, -0.2) is 0 Å². The molecular weight excluding hydrogens is 276 g/mol. The molecule has 0 N–H and O–H groups in total. The first-order valence-electron chi connectivity index (χ1n) is 11.3. The van der Waals surface area contributed by atoms with E-state index in [0.717, 1.165) is 5.92 Å². The lowest BCUT2D eigenvalue weighted by molar-refractivity contribution is 0.468. The van der Waals surface area contributed by atoms with Crippen LogP contribution >= 0.6 is 0 Å². The van der Waals surface area contributed by atoms with Crippen LogP contribution in [0.25, 0.3) is 0 Å². The van der Waals surface area contributed by atoms with Gasteiger partial charge in [-0.25, -0.2) is 0 Å². The molecule has 0 fully saturated rings. The van der Waals surface area contributed by atoms with Gasteiger partial charge in [-0.3, -0.25) is 0 Å². The summed E-state index contributed by atoms with van der Waals surface area (Å²) in [5.74, 6) is 0.950. The van der Waals surface area contributed by atoms with Crippen molar-refractivity contribution < 1.29 is 0 Å². The van der Waals surface area contributed by atoms with Gasteiger partial charge < -0.3 is 0 Å². The summed E-state index contributed by atoms with van der Waals surface area (Å²) in [6.07, 6.45) is 27.9. The van der Waals surface area contributed by atoms with Gasteiger partial charge in [0.2, 0.25) is 0 Å². The minimum Gasteiger partial charge on any atom is -0.0654 e. The molecule has 0 unspecified atom stereocenters. The summed E-state index contributed by atoms with van der Waals surface area (Å²) in [5.41, 5.74) is 0. The first-order valence-corrected chi connectivity index (χ1v) is 11.3. The topological polar surface area (TPSA) is 0 Å². The molecule has 0 amide bonds. The maximum atomic E-state index is 2.40. The van der Waals surface area contributed by atoms with Gasteiger partial charge in [0.25, 0.3) is 0 Å². The van der Waals surface area contributed by atoms with Crippen LogP contribution in [0.15, 0.2) is 0 Å². The Labute approximate surface area is 149 Å². The molecule has 0 spiro atoms. The molecule has 1 atom stereocenters. The van der Waals surface area contributed by atoms with Crippen LogP contribution in [0.1, 0.15) is 143 Å². The van der Waals surface area contributed by atoms with E-state index < -0.39 is 0 Å². The zero-order chi connectivity index (χ0) is 17.0. The summed E-state index contributed by atoms with van der Waals surface area (Å²) in [7, 11) is 0. The molecule has 0 radical (unpaired) electrons. The highest BCUT2D eigenvalue weighted by atomic mass is 14.0. The van der Waals surface area contributed by atoms with Crippen molar-refractivity contribution in [2.24, 2.45) is 5.92 Å². The summed E-state index contributed by atoms with van der Waals surface area (Å²) in [6, 6.07) is 0. The molecule has 0 aromatic heterocycles. The van der Waals surface area contributed by atoms with Crippen LogP contribution in [0, 0.1) is 5.92 Å². The minimum atomic E-state index is 0.950. The summed E-state index contributed by atoms with van der Waals surface area (Å²) >= 11 is 0. The zero-order valence-corrected chi connectivity index (χ0v) is 17.0. The van der Waals surface area contributed by atoms with Crippen molar-refractivity contribution in [1.82, 2.24) is 0 Å². The summed E-state index contributed by atoms with van der Waals surface area (Å²) in [5, 5.41) is 0. The number of hydrogen-bond acceptors (Lipinski definition) is 0. The van der Waals surface area contributed by atoms with E-state index in [1.165, 1.54) is 122 Å². The van der Waals surface area contributed by atoms with Gasteiger partial charge in [-0.15, -0.1) is 0 Å². The second-order valence-electron chi connectivity index (χ2n) is 7.96. The van der Waals surface area contributed by atoms with E-state index in [-0.39, 0.29) is 0 Å². The van der Waals surface area contributed by atoms with Crippen LogP contribution in [0.4, 0.5) is 0 Å². The largest absolute Gasteiger partial charge is 0.0654 e. The Morgan fingerprint density at radius 1 is 0.435 bits per heavy atom. The zero-order valence-electron chi connectivity index (χ0n) is 17.0. The highest BCUT2D eigenvalue weighted by molar-refractivity contribution is 4.52. The van der Waals surface area contributed by atoms with Gasteiger partial charge >= 0.3 is 0 Å². The molecule has 0 aliphatic heterocycles. The molecule has 0 aromatic carbocycles. The van der Waals surface area contributed by atoms with Crippen molar-refractivity contribution in [3.05, 3.63) is 0 Å². The lowest BCUT2D eigenvalue weighted by Crippen LogP contribution is -1.91. The van der Waals surface area contributed by atoms with Crippen LogP contribution in [0.2, 0.25) is 0 Å². The van der Waals surface area contributed by atoms with Crippen molar-refractivity contribution in [3.8, 4) is 0 Å². The molecule has 0 heteroatoms. The molecule has 0 saturated carbocycles. The molecule has 0 rings (SSSR count). The SMILES string of the molecule is CCCCCCCCCCCCCCCCCCC[C@H](C)CC. The molecular formula is C23H48. The Morgan fingerprint density at radius 2 is 0.739 bits per heavy atom. The molecule has 23 heavy (non-hydrogen) atoms. The fraction of sp³-hybridized carbons (Fsp3) is 1.00.